The zero-order valence-electron chi connectivity index (χ0n) is 11.7. The van der Waals surface area contributed by atoms with Crippen molar-refractivity contribution in [1.82, 2.24) is 9.78 Å². The van der Waals surface area contributed by atoms with Gasteiger partial charge in [0.1, 0.15) is 5.82 Å². The van der Waals surface area contributed by atoms with Crippen molar-refractivity contribution < 1.29 is 0 Å². The predicted octanol–water partition coefficient (Wildman–Crippen LogP) is 3.73. The molecule has 0 atom stereocenters. The van der Waals surface area contributed by atoms with Gasteiger partial charge in [-0.05, 0) is 37.8 Å². The van der Waals surface area contributed by atoms with E-state index in [-0.39, 0.29) is 0 Å². The lowest BCUT2D eigenvalue weighted by molar-refractivity contribution is 0.678. The van der Waals surface area contributed by atoms with E-state index in [0.29, 0.717) is 5.92 Å². The average Bonchev–Trinajstić information content (AvgIpc) is 2.99. The minimum absolute atomic E-state index is 0.605. The summed E-state index contributed by atoms with van der Waals surface area (Å²) in [6, 6.07) is 8.35. The Morgan fingerprint density at radius 3 is 2.42 bits per heavy atom. The number of nitrogens with two attached hydrogens (primary N) is 1. The fraction of sp³-hybridized carbons (Fsp3) is 0.438. The lowest BCUT2D eigenvalue weighted by Gasteiger charge is -2.11. The van der Waals surface area contributed by atoms with Gasteiger partial charge in [0.15, 0.2) is 0 Å². The minimum atomic E-state index is 0.605. The van der Waals surface area contributed by atoms with Crippen LogP contribution in [-0.4, -0.2) is 9.78 Å². The van der Waals surface area contributed by atoms with Gasteiger partial charge in [-0.3, -0.25) is 0 Å². The molecule has 1 aliphatic carbocycles. The zero-order chi connectivity index (χ0) is 13.4. The van der Waals surface area contributed by atoms with Gasteiger partial charge in [0, 0.05) is 12.0 Å². The number of nitrogen functional groups attached to an aromatic ring is 1. The van der Waals surface area contributed by atoms with E-state index in [2.05, 4.69) is 38.1 Å². The summed E-state index contributed by atoms with van der Waals surface area (Å²) in [6.07, 6.45) is 5.15. The van der Waals surface area contributed by atoms with Crippen molar-refractivity contribution in [3.05, 3.63) is 41.1 Å². The minimum Gasteiger partial charge on any atom is -0.384 e. The van der Waals surface area contributed by atoms with Gasteiger partial charge in [0.2, 0.25) is 0 Å². The second-order valence-electron chi connectivity index (χ2n) is 5.63. The molecule has 1 saturated carbocycles. The van der Waals surface area contributed by atoms with Gasteiger partial charge in [0.25, 0.3) is 0 Å². The average molecular weight is 255 g/mol. The molecule has 0 amide bonds. The summed E-state index contributed by atoms with van der Waals surface area (Å²) < 4.78 is 1.92. The number of para-hydroxylation sites is 1. The molecule has 1 aliphatic rings. The van der Waals surface area contributed by atoms with Crippen molar-refractivity contribution in [3.8, 4) is 5.69 Å². The van der Waals surface area contributed by atoms with Crippen LogP contribution in [0.4, 0.5) is 5.82 Å². The molecular weight excluding hydrogens is 234 g/mol. The van der Waals surface area contributed by atoms with E-state index in [9.17, 15) is 0 Å². The molecule has 0 saturated heterocycles. The molecular formula is C16H21N3. The molecule has 0 aliphatic heterocycles. The molecule has 2 aromatic rings. The Morgan fingerprint density at radius 1 is 1.16 bits per heavy atom. The summed E-state index contributed by atoms with van der Waals surface area (Å²) in [4.78, 5) is 0. The molecule has 2 N–H and O–H groups in total. The third-order valence-electron chi connectivity index (χ3n) is 4.18. The second kappa shape index (κ2) is 4.72. The Morgan fingerprint density at radius 2 is 1.79 bits per heavy atom. The molecule has 3 rings (SSSR count). The summed E-state index contributed by atoms with van der Waals surface area (Å²) in [5.74, 6) is 1.35. The van der Waals surface area contributed by atoms with E-state index < -0.39 is 0 Å². The number of anilines is 1. The number of aromatic nitrogens is 2. The molecule has 1 aromatic heterocycles. The molecule has 19 heavy (non-hydrogen) atoms. The first-order chi connectivity index (χ1) is 9.16. The summed E-state index contributed by atoms with van der Waals surface area (Å²) in [5, 5.41) is 4.78. The number of hydrogen-bond acceptors (Lipinski definition) is 2. The number of aryl methyl sites for hydroxylation is 2. The quantitative estimate of drug-likeness (QED) is 0.888. The first-order valence-corrected chi connectivity index (χ1v) is 7.09. The molecule has 0 bridgehead atoms. The van der Waals surface area contributed by atoms with Crippen molar-refractivity contribution in [3.63, 3.8) is 0 Å². The smallest absolute Gasteiger partial charge is 0.127 e. The number of nitrogens with zero attached hydrogens (tertiary/aromatic N) is 2. The lowest BCUT2D eigenvalue weighted by Crippen LogP contribution is -2.06. The van der Waals surface area contributed by atoms with Crippen LogP contribution in [0.5, 0.6) is 0 Å². The van der Waals surface area contributed by atoms with Gasteiger partial charge in [-0.1, -0.05) is 31.0 Å². The van der Waals surface area contributed by atoms with Crippen LogP contribution in [0.15, 0.2) is 24.3 Å². The zero-order valence-corrected chi connectivity index (χ0v) is 11.7. The molecule has 0 radical (unpaired) electrons. The summed E-state index contributed by atoms with van der Waals surface area (Å²) in [6.45, 7) is 4.22. The summed E-state index contributed by atoms with van der Waals surface area (Å²) in [7, 11) is 0. The Bertz CT molecular complexity index is 572. The lowest BCUT2D eigenvalue weighted by atomic mass is 10.1. The fourth-order valence-corrected chi connectivity index (χ4v) is 3.15. The van der Waals surface area contributed by atoms with Crippen LogP contribution in [-0.2, 0) is 0 Å². The van der Waals surface area contributed by atoms with Gasteiger partial charge in [0.05, 0.1) is 11.4 Å². The molecule has 0 unspecified atom stereocenters. The second-order valence-corrected chi connectivity index (χ2v) is 5.63. The molecule has 1 aromatic carbocycles. The summed E-state index contributed by atoms with van der Waals surface area (Å²) in [5.41, 5.74) is 10.9. The van der Waals surface area contributed by atoms with E-state index in [1.54, 1.807) is 0 Å². The van der Waals surface area contributed by atoms with Crippen molar-refractivity contribution >= 4 is 5.82 Å². The highest BCUT2D eigenvalue weighted by atomic mass is 15.3. The molecule has 1 fully saturated rings. The Balaban J connectivity index is 2.05. The third kappa shape index (κ3) is 2.14. The van der Waals surface area contributed by atoms with Gasteiger partial charge in [-0.15, -0.1) is 0 Å². The standard InChI is InChI=1S/C16H21N3/c1-11-6-5-7-12(2)16(11)19-15(17)10-14(18-19)13-8-3-4-9-13/h5-7,10,13H,3-4,8-9,17H2,1-2H3. The third-order valence-corrected chi connectivity index (χ3v) is 4.18. The van der Waals surface area contributed by atoms with Crippen molar-refractivity contribution in [2.75, 3.05) is 5.73 Å². The van der Waals surface area contributed by atoms with Crippen LogP contribution in [0.1, 0.15) is 48.4 Å². The van der Waals surface area contributed by atoms with Gasteiger partial charge < -0.3 is 5.73 Å². The molecule has 100 valence electrons. The predicted molar refractivity (Wildman–Crippen MR) is 78.7 cm³/mol. The highest BCUT2D eigenvalue weighted by Crippen LogP contribution is 2.35. The van der Waals surface area contributed by atoms with Gasteiger partial charge in [-0.25, -0.2) is 4.68 Å². The fourth-order valence-electron chi connectivity index (χ4n) is 3.15. The van der Waals surface area contributed by atoms with E-state index >= 15 is 0 Å². The summed E-state index contributed by atoms with van der Waals surface area (Å²) >= 11 is 0. The van der Waals surface area contributed by atoms with E-state index in [1.165, 1.54) is 36.8 Å². The number of hydrogen-bond donors (Lipinski definition) is 1. The largest absolute Gasteiger partial charge is 0.384 e. The maximum atomic E-state index is 6.18. The highest BCUT2D eigenvalue weighted by Gasteiger charge is 2.21. The molecule has 3 heteroatoms. The Kier molecular flexibility index (Phi) is 3.05. The number of benzene rings is 1. The van der Waals surface area contributed by atoms with Crippen molar-refractivity contribution in [1.29, 1.82) is 0 Å². The van der Waals surface area contributed by atoms with Crippen molar-refractivity contribution in [2.45, 2.75) is 45.4 Å². The normalized spacial score (nSPS) is 16.1. The monoisotopic (exact) mass is 255 g/mol. The van der Waals surface area contributed by atoms with Crippen molar-refractivity contribution in [2.24, 2.45) is 0 Å². The van der Waals surface area contributed by atoms with Crippen LogP contribution < -0.4 is 5.73 Å². The first kappa shape index (κ1) is 12.3. The van der Waals surface area contributed by atoms with Gasteiger partial charge in [-0.2, -0.15) is 5.10 Å². The molecule has 1 heterocycles. The van der Waals surface area contributed by atoms with E-state index in [4.69, 9.17) is 10.8 Å². The van der Waals surface area contributed by atoms with Crippen LogP contribution in [0.25, 0.3) is 5.69 Å². The highest BCUT2D eigenvalue weighted by molar-refractivity contribution is 5.52. The molecule has 3 nitrogen and oxygen atoms in total. The Hall–Kier alpha value is -1.77. The first-order valence-electron chi connectivity index (χ1n) is 7.09. The van der Waals surface area contributed by atoms with Crippen LogP contribution in [0, 0.1) is 13.8 Å². The molecule has 0 spiro atoms. The van der Waals surface area contributed by atoms with Gasteiger partial charge >= 0.3 is 0 Å². The van der Waals surface area contributed by atoms with Crippen LogP contribution in [0.2, 0.25) is 0 Å². The Labute approximate surface area is 114 Å². The number of rotatable bonds is 2. The van der Waals surface area contributed by atoms with E-state index in [1.807, 2.05) is 4.68 Å². The van der Waals surface area contributed by atoms with E-state index in [0.717, 1.165) is 17.2 Å². The maximum absolute atomic E-state index is 6.18. The SMILES string of the molecule is Cc1cccc(C)c1-n1nc(C2CCCC2)cc1N. The topological polar surface area (TPSA) is 43.8 Å². The van der Waals surface area contributed by atoms with Crippen LogP contribution >= 0.6 is 0 Å². The maximum Gasteiger partial charge on any atom is 0.127 e. The van der Waals surface area contributed by atoms with Crippen LogP contribution in [0.3, 0.4) is 0 Å².